The molecule has 0 radical (unpaired) electrons. The molecular formula is C15H27N3. The van der Waals surface area contributed by atoms with Crippen LogP contribution in [0.2, 0.25) is 0 Å². The van der Waals surface area contributed by atoms with Crippen LogP contribution in [-0.2, 0) is 7.05 Å². The highest BCUT2D eigenvalue weighted by Crippen LogP contribution is 2.39. The minimum absolute atomic E-state index is 0.637. The van der Waals surface area contributed by atoms with E-state index in [1.165, 1.54) is 31.5 Å². The molecule has 1 saturated carbocycles. The van der Waals surface area contributed by atoms with Crippen molar-refractivity contribution in [2.75, 3.05) is 13.1 Å². The molecular weight excluding hydrogens is 222 g/mol. The summed E-state index contributed by atoms with van der Waals surface area (Å²) in [5, 5.41) is 3.59. The second-order valence-corrected chi connectivity index (χ2v) is 5.89. The normalized spacial score (nSPS) is 28.5. The number of rotatable bonds is 5. The zero-order chi connectivity index (χ0) is 13.0. The van der Waals surface area contributed by atoms with E-state index < -0.39 is 0 Å². The van der Waals surface area contributed by atoms with Crippen LogP contribution in [0.25, 0.3) is 0 Å². The van der Waals surface area contributed by atoms with Crippen LogP contribution < -0.4 is 5.32 Å². The fourth-order valence-corrected chi connectivity index (χ4v) is 3.20. The quantitative estimate of drug-likeness (QED) is 0.813. The highest BCUT2D eigenvalue weighted by atomic mass is 15.0. The van der Waals surface area contributed by atoms with Crippen molar-refractivity contribution in [3.63, 3.8) is 0 Å². The van der Waals surface area contributed by atoms with Crippen molar-refractivity contribution in [3.05, 3.63) is 18.2 Å². The van der Waals surface area contributed by atoms with Gasteiger partial charge >= 0.3 is 0 Å². The summed E-state index contributed by atoms with van der Waals surface area (Å²) < 4.78 is 2.20. The summed E-state index contributed by atoms with van der Waals surface area (Å²) in [7, 11) is 2.12. The van der Waals surface area contributed by atoms with E-state index in [9.17, 15) is 0 Å². The van der Waals surface area contributed by atoms with Gasteiger partial charge in [0.05, 0.1) is 0 Å². The van der Waals surface area contributed by atoms with Gasteiger partial charge in [0.15, 0.2) is 0 Å². The molecule has 1 fully saturated rings. The van der Waals surface area contributed by atoms with Crippen molar-refractivity contribution >= 4 is 0 Å². The maximum atomic E-state index is 4.59. The summed E-state index contributed by atoms with van der Waals surface area (Å²) >= 11 is 0. The molecule has 1 aromatic rings. The Morgan fingerprint density at radius 1 is 1.44 bits per heavy atom. The monoisotopic (exact) mass is 249 g/mol. The third-order valence-electron chi connectivity index (χ3n) is 4.28. The van der Waals surface area contributed by atoms with E-state index >= 15 is 0 Å². The van der Waals surface area contributed by atoms with E-state index in [-0.39, 0.29) is 0 Å². The fraction of sp³-hybridized carbons (Fsp3) is 0.800. The van der Waals surface area contributed by atoms with E-state index in [0.717, 1.165) is 24.9 Å². The average Bonchev–Trinajstić information content (AvgIpc) is 2.77. The lowest BCUT2D eigenvalue weighted by atomic mass is 9.74. The molecule has 3 unspecified atom stereocenters. The molecule has 1 aliphatic rings. The number of hydrogen-bond donors (Lipinski definition) is 1. The molecule has 0 saturated heterocycles. The Kier molecular flexibility index (Phi) is 4.81. The predicted octanol–water partition coefficient (Wildman–Crippen LogP) is 2.94. The molecule has 3 atom stereocenters. The summed E-state index contributed by atoms with van der Waals surface area (Å²) in [6.07, 6.45) is 9.24. The topological polar surface area (TPSA) is 29.9 Å². The Hall–Kier alpha value is -0.830. The lowest BCUT2D eigenvalue weighted by molar-refractivity contribution is 0.232. The Labute approximate surface area is 111 Å². The maximum Gasteiger partial charge on any atom is 0.111 e. The lowest BCUT2D eigenvalue weighted by Crippen LogP contribution is -2.33. The number of nitrogens with one attached hydrogen (secondary N) is 1. The largest absolute Gasteiger partial charge is 0.338 e. The first kappa shape index (κ1) is 13.6. The van der Waals surface area contributed by atoms with E-state index in [2.05, 4.69) is 42.0 Å². The molecule has 1 aliphatic carbocycles. The van der Waals surface area contributed by atoms with Gasteiger partial charge in [-0.25, -0.2) is 4.98 Å². The van der Waals surface area contributed by atoms with Crippen LogP contribution in [-0.4, -0.2) is 22.6 Å². The van der Waals surface area contributed by atoms with Gasteiger partial charge in [0.1, 0.15) is 5.82 Å². The standard InChI is InChI=1S/C15H27N3/c1-4-7-16-11-13-6-5-12(2)10-14(13)15-17-8-9-18(15)3/h8-9,12-14,16H,4-7,10-11H2,1-3H3. The third kappa shape index (κ3) is 3.14. The van der Waals surface area contributed by atoms with Crippen LogP contribution in [0.5, 0.6) is 0 Å². The van der Waals surface area contributed by atoms with Crippen molar-refractivity contribution in [3.8, 4) is 0 Å². The van der Waals surface area contributed by atoms with Crippen LogP contribution in [0, 0.1) is 11.8 Å². The van der Waals surface area contributed by atoms with E-state index in [1.807, 2.05) is 6.20 Å². The summed E-state index contributed by atoms with van der Waals surface area (Å²) in [5.41, 5.74) is 0. The van der Waals surface area contributed by atoms with Crippen molar-refractivity contribution in [2.45, 2.75) is 45.4 Å². The molecule has 102 valence electrons. The van der Waals surface area contributed by atoms with E-state index in [1.54, 1.807) is 0 Å². The van der Waals surface area contributed by atoms with Crippen LogP contribution in [0.3, 0.4) is 0 Å². The molecule has 0 amide bonds. The van der Waals surface area contributed by atoms with Gasteiger partial charge in [-0.05, 0) is 44.2 Å². The van der Waals surface area contributed by atoms with Crippen LogP contribution in [0.15, 0.2) is 12.4 Å². The van der Waals surface area contributed by atoms with Gasteiger partial charge in [0.2, 0.25) is 0 Å². The molecule has 0 spiro atoms. The smallest absolute Gasteiger partial charge is 0.111 e. The molecule has 1 aromatic heterocycles. The zero-order valence-electron chi connectivity index (χ0n) is 12.0. The van der Waals surface area contributed by atoms with Gasteiger partial charge < -0.3 is 9.88 Å². The average molecular weight is 249 g/mol. The summed E-state index contributed by atoms with van der Waals surface area (Å²) in [5.74, 6) is 3.52. The summed E-state index contributed by atoms with van der Waals surface area (Å²) in [4.78, 5) is 4.59. The van der Waals surface area contributed by atoms with Gasteiger partial charge in [-0.15, -0.1) is 0 Å². The van der Waals surface area contributed by atoms with Crippen molar-refractivity contribution < 1.29 is 0 Å². The minimum atomic E-state index is 0.637. The van der Waals surface area contributed by atoms with Crippen molar-refractivity contribution in [1.82, 2.24) is 14.9 Å². The second kappa shape index (κ2) is 6.37. The first-order chi connectivity index (χ1) is 8.72. The number of imidazole rings is 1. The highest BCUT2D eigenvalue weighted by Gasteiger charge is 2.31. The Morgan fingerprint density at radius 2 is 2.28 bits per heavy atom. The molecule has 3 heteroatoms. The highest BCUT2D eigenvalue weighted by molar-refractivity contribution is 5.04. The number of nitrogens with zero attached hydrogens (tertiary/aromatic N) is 2. The molecule has 0 bridgehead atoms. The van der Waals surface area contributed by atoms with Crippen molar-refractivity contribution in [1.29, 1.82) is 0 Å². The van der Waals surface area contributed by atoms with Crippen LogP contribution in [0.4, 0.5) is 0 Å². The molecule has 0 aliphatic heterocycles. The molecule has 3 nitrogen and oxygen atoms in total. The van der Waals surface area contributed by atoms with Gasteiger partial charge in [-0.3, -0.25) is 0 Å². The first-order valence-corrected chi connectivity index (χ1v) is 7.40. The minimum Gasteiger partial charge on any atom is -0.338 e. The first-order valence-electron chi connectivity index (χ1n) is 7.40. The molecule has 1 N–H and O–H groups in total. The Morgan fingerprint density at radius 3 is 2.94 bits per heavy atom. The van der Waals surface area contributed by atoms with E-state index in [4.69, 9.17) is 0 Å². The van der Waals surface area contributed by atoms with Crippen LogP contribution >= 0.6 is 0 Å². The predicted molar refractivity (Wildman–Crippen MR) is 75.6 cm³/mol. The Balaban J connectivity index is 2.04. The fourth-order valence-electron chi connectivity index (χ4n) is 3.20. The number of aryl methyl sites for hydroxylation is 1. The van der Waals surface area contributed by atoms with Crippen molar-refractivity contribution in [2.24, 2.45) is 18.9 Å². The summed E-state index contributed by atoms with van der Waals surface area (Å²) in [6, 6.07) is 0. The molecule has 18 heavy (non-hydrogen) atoms. The maximum absolute atomic E-state index is 4.59. The van der Waals surface area contributed by atoms with Crippen LogP contribution in [0.1, 0.15) is 51.3 Å². The SMILES string of the molecule is CCCNCC1CCC(C)CC1c1nccn1C. The molecule has 2 rings (SSSR count). The van der Waals surface area contributed by atoms with Gasteiger partial charge in [-0.1, -0.05) is 20.3 Å². The lowest BCUT2D eigenvalue weighted by Gasteiger charge is -2.34. The summed E-state index contributed by atoms with van der Waals surface area (Å²) in [6.45, 7) is 6.90. The third-order valence-corrected chi connectivity index (χ3v) is 4.28. The van der Waals surface area contributed by atoms with Gasteiger partial charge in [0.25, 0.3) is 0 Å². The number of aromatic nitrogens is 2. The molecule has 1 heterocycles. The number of hydrogen-bond acceptors (Lipinski definition) is 2. The molecule has 0 aromatic carbocycles. The van der Waals surface area contributed by atoms with Gasteiger partial charge in [0, 0.05) is 25.4 Å². The Bertz CT molecular complexity index is 358. The van der Waals surface area contributed by atoms with E-state index in [0.29, 0.717) is 5.92 Å². The zero-order valence-corrected chi connectivity index (χ0v) is 12.0. The second-order valence-electron chi connectivity index (χ2n) is 5.89. The van der Waals surface area contributed by atoms with Gasteiger partial charge in [-0.2, -0.15) is 0 Å².